The van der Waals surface area contributed by atoms with Crippen molar-refractivity contribution in [1.29, 1.82) is 0 Å². The smallest absolute Gasteiger partial charge is 0.229 e. The van der Waals surface area contributed by atoms with Gasteiger partial charge in [-0.25, -0.2) is 4.98 Å². The van der Waals surface area contributed by atoms with Gasteiger partial charge in [-0.3, -0.25) is 4.79 Å². The fourth-order valence-corrected chi connectivity index (χ4v) is 1.11. The highest BCUT2D eigenvalue weighted by atomic mass is 35.5. The Labute approximate surface area is 93.8 Å². The van der Waals surface area contributed by atoms with E-state index in [-0.39, 0.29) is 17.9 Å². The molecule has 0 aliphatic rings. The predicted octanol–water partition coefficient (Wildman–Crippen LogP) is 1.66. The molecule has 0 saturated carbocycles. The molecule has 0 spiro atoms. The number of rotatable bonds is 3. The summed E-state index contributed by atoms with van der Waals surface area (Å²) in [6, 6.07) is 3.05. The first-order chi connectivity index (χ1) is 7.00. The van der Waals surface area contributed by atoms with Crippen LogP contribution in [0.2, 0.25) is 5.02 Å². The van der Waals surface area contributed by atoms with Gasteiger partial charge in [-0.15, -0.1) is 0 Å². The largest absolute Gasteiger partial charge is 0.327 e. The van der Waals surface area contributed by atoms with Gasteiger partial charge in [0.1, 0.15) is 5.82 Å². The zero-order valence-corrected chi connectivity index (χ0v) is 9.45. The van der Waals surface area contributed by atoms with Gasteiger partial charge in [0.25, 0.3) is 0 Å². The van der Waals surface area contributed by atoms with Crippen molar-refractivity contribution >= 4 is 23.3 Å². The van der Waals surface area contributed by atoms with Gasteiger partial charge in [0.05, 0.1) is 5.92 Å². The number of aromatic nitrogens is 1. The number of pyridine rings is 1. The summed E-state index contributed by atoms with van der Waals surface area (Å²) < 4.78 is 0. The number of amides is 1. The van der Waals surface area contributed by atoms with Crippen LogP contribution in [0.3, 0.4) is 0 Å². The number of nitrogens with zero attached hydrogens (tertiary/aromatic N) is 1. The molecular formula is C10H14ClN3O. The second-order valence-corrected chi connectivity index (χ2v) is 3.93. The van der Waals surface area contributed by atoms with Crippen molar-refractivity contribution in [2.24, 2.45) is 11.7 Å². The first-order valence-electron chi connectivity index (χ1n) is 4.68. The third-order valence-corrected chi connectivity index (χ3v) is 2.41. The lowest BCUT2D eigenvalue weighted by molar-refractivity contribution is -0.119. The molecule has 15 heavy (non-hydrogen) atoms. The molecule has 1 heterocycles. The summed E-state index contributed by atoms with van der Waals surface area (Å²) in [5.74, 6) is 0.0329. The lowest BCUT2D eigenvalue weighted by atomic mass is 10.0. The summed E-state index contributed by atoms with van der Waals surface area (Å²) in [6.45, 7) is 3.56. The minimum atomic E-state index is -0.259. The SMILES string of the molecule is CC(N)C(C)C(=O)Nc1cc(Cl)ccn1. The van der Waals surface area contributed by atoms with Crippen molar-refractivity contribution in [3.63, 3.8) is 0 Å². The van der Waals surface area contributed by atoms with Gasteiger partial charge in [-0.2, -0.15) is 0 Å². The Morgan fingerprint density at radius 3 is 2.80 bits per heavy atom. The number of nitrogens with two attached hydrogens (primary N) is 1. The molecule has 1 rings (SSSR count). The van der Waals surface area contributed by atoms with Crippen LogP contribution in [0.15, 0.2) is 18.3 Å². The van der Waals surface area contributed by atoms with Crippen LogP contribution in [0, 0.1) is 5.92 Å². The molecule has 1 amide bonds. The van der Waals surface area contributed by atoms with Gasteiger partial charge < -0.3 is 11.1 Å². The van der Waals surface area contributed by atoms with E-state index in [0.717, 1.165) is 0 Å². The van der Waals surface area contributed by atoms with Gasteiger partial charge in [-0.1, -0.05) is 18.5 Å². The van der Waals surface area contributed by atoms with Crippen molar-refractivity contribution in [3.05, 3.63) is 23.4 Å². The summed E-state index contributed by atoms with van der Waals surface area (Å²) in [5, 5.41) is 3.19. The maximum Gasteiger partial charge on any atom is 0.229 e. The molecule has 0 aliphatic carbocycles. The number of hydrogen-bond donors (Lipinski definition) is 2. The topological polar surface area (TPSA) is 68.0 Å². The minimum absolute atomic E-state index is 0.153. The molecule has 1 aromatic rings. The molecule has 0 aliphatic heterocycles. The van der Waals surface area contributed by atoms with Crippen molar-refractivity contribution in [1.82, 2.24) is 4.98 Å². The predicted molar refractivity (Wildman–Crippen MR) is 60.7 cm³/mol. The first kappa shape index (κ1) is 11.9. The molecule has 5 heteroatoms. The van der Waals surface area contributed by atoms with Crippen molar-refractivity contribution < 1.29 is 4.79 Å². The van der Waals surface area contributed by atoms with E-state index in [2.05, 4.69) is 10.3 Å². The molecule has 2 unspecified atom stereocenters. The van der Waals surface area contributed by atoms with Crippen molar-refractivity contribution in [2.45, 2.75) is 19.9 Å². The Bertz CT molecular complexity index is 354. The van der Waals surface area contributed by atoms with Crippen LogP contribution in [0.4, 0.5) is 5.82 Å². The molecular weight excluding hydrogens is 214 g/mol. The third kappa shape index (κ3) is 3.49. The van der Waals surface area contributed by atoms with Crippen molar-refractivity contribution in [2.75, 3.05) is 5.32 Å². The Balaban J connectivity index is 2.66. The van der Waals surface area contributed by atoms with Gasteiger partial charge in [0.2, 0.25) is 5.91 Å². The maximum atomic E-state index is 11.6. The van der Waals surface area contributed by atoms with Crippen LogP contribution in [0.1, 0.15) is 13.8 Å². The van der Waals surface area contributed by atoms with Gasteiger partial charge in [0.15, 0.2) is 0 Å². The average molecular weight is 228 g/mol. The molecule has 1 aromatic heterocycles. The molecule has 3 N–H and O–H groups in total. The van der Waals surface area contributed by atoms with Crippen LogP contribution in [0.5, 0.6) is 0 Å². The molecule has 2 atom stereocenters. The quantitative estimate of drug-likeness (QED) is 0.825. The van der Waals surface area contributed by atoms with E-state index in [1.165, 1.54) is 6.20 Å². The lowest BCUT2D eigenvalue weighted by Gasteiger charge is -2.14. The number of anilines is 1. The number of halogens is 1. The maximum absolute atomic E-state index is 11.6. The minimum Gasteiger partial charge on any atom is -0.327 e. The summed E-state index contributed by atoms with van der Waals surface area (Å²) in [4.78, 5) is 15.6. The number of carbonyl (C=O) groups is 1. The van der Waals surface area contributed by atoms with Crippen LogP contribution in [0.25, 0.3) is 0 Å². The highest BCUT2D eigenvalue weighted by Crippen LogP contribution is 2.13. The number of carbonyl (C=O) groups excluding carboxylic acids is 1. The van der Waals surface area contributed by atoms with E-state index in [4.69, 9.17) is 17.3 Å². The van der Waals surface area contributed by atoms with E-state index >= 15 is 0 Å². The fraction of sp³-hybridized carbons (Fsp3) is 0.400. The zero-order chi connectivity index (χ0) is 11.4. The van der Waals surface area contributed by atoms with Gasteiger partial charge >= 0.3 is 0 Å². The third-order valence-electron chi connectivity index (χ3n) is 2.18. The Kier molecular flexibility index (Phi) is 4.05. The highest BCUT2D eigenvalue weighted by molar-refractivity contribution is 6.30. The van der Waals surface area contributed by atoms with Gasteiger partial charge in [-0.05, 0) is 19.1 Å². The molecule has 0 aromatic carbocycles. The average Bonchev–Trinajstić information content (AvgIpc) is 2.16. The van der Waals surface area contributed by atoms with Crippen molar-refractivity contribution in [3.8, 4) is 0 Å². The Morgan fingerprint density at radius 1 is 1.60 bits per heavy atom. The second kappa shape index (κ2) is 5.09. The second-order valence-electron chi connectivity index (χ2n) is 3.50. The molecule has 0 fully saturated rings. The Hall–Kier alpha value is -1.13. The normalized spacial score (nSPS) is 14.4. The van der Waals surface area contributed by atoms with E-state index in [1.54, 1.807) is 26.0 Å². The monoisotopic (exact) mass is 227 g/mol. The molecule has 0 radical (unpaired) electrons. The highest BCUT2D eigenvalue weighted by Gasteiger charge is 2.17. The summed E-state index contributed by atoms with van der Waals surface area (Å²) >= 11 is 5.75. The molecule has 4 nitrogen and oxygen atoms in total. The lowest BCUT2D eigenvalue weighted by Crippen LogP contribution is -2.34. The standard InChI is InChI=1S/C10H14ClN3O/c1-6(7(2)12)10(15)14-9-5-8(11)3-4-13-9/h3-7H,12H2,1-2H3,(H,13,14,15). The molecule has 82 valence electrons. The van der Waals surface area contributed by atoms with E-state index in [9.17, 15) is 4.79 Å². The van der Waals surface area contributed by atoms with Crippen LogP contribution in [-0.2, 0) is 4.79 Å². The van der Waals surface area contributed by atoms with Crippen LogP contribution in [-0.4, -0.2) is 16.9 Å². The Morgan fingerprint density at radius 2 is 2.27 bits per heavy atom. The molecule has 0 bridgehead atoms. The zero-order valence-electron chi connectivity index (χ0n) is 8.70. The molecule has 0 saturated heterocycles. The van der Waals surface area contributed by atoms with Crippen LogP contribution < -0.4 is 11.1 Å². The fourth-order valence-electron chi connectivity index (χ4n) is 0.952. The van der Waals surface area contributed by atoms with E-state index in [1.807, 2.05) is 0 Å². The summed E-state index contributed by atoms with van der Waals surface area (Å²) in [6.07, 6.45) is 1.54. The number of hydrogen-bond acceptors (Lipinski definition) is 3. The van der Waals surface area contributed by atoms with E-state index in [0.29, 0.717) is 10.8 Å². The van der Waals surface area contributed by atoms with Gasteiger partial charge in [0, 0.05) is 17.3 Å². The summed E-state index contributed by atoms with van der Waals surface area (Å²) in [7, 11) is 0. The van der Waals surface area contributed by atoms with E-state index < -0.39 is 0 Å². The summed E-state index contributed by atoms with van der Waals surface area (Å²) in [5.41, 5.74) is 5.61. The first-order valence-corrected chi connectivity index (χ1v) is 5.06. The number of nitrogens with one attached hydrogen (secondary N) is 1. The van der Waals surface area contributed by atoms with Crippen LogP contribution >= 0.6 is 11.6 Å².